The third-order valence-electron chi connectivity index (χ3n) is 5.49. The molecule has 3 aromatic rings. The maximum absolute atomic E-state index is 12.5. The van der Waals surface area contributed by atoms with E-state index in [-0.39, 0.29) is 5.91 Å². The van der Waals surface area contributed by atoms with Crippen LogP contribution < -0.4 is 10.2 Å². The molecule has 4 nitrogen and oxygen atoms in total. The summed E-state index contributed by atoms with van der Waals surface area (Å²) in [6.07, 6.45) is 0.697. The summed E-state index contributed by atoms with van der Waals surface area (Å²) in [7, 11) is 0. The first kappa shape index (κ1) is 21.7. The Hall–Kier alpha value is -3.01. The molecule has 1 amide bonds. The molecule has 0 fully saturated rings. The molecule has 1 aromatic heterocycles. The highest BCUT2D eigenvalue weighted by Crippen LogP contribution is 2.21. The van der Waals surface area contributed by atoms with Crippen LogP contribution in [0.1, 0.15) is 51.1 Å². The first-order valence-corrected chi connectivity index (χ1v) is 10.6. The number of anilines is 1. The quantitative estimate of drug-likeness (QED) is 0.550. The van der Waals surface area contributed by atoms with Gasteiger partial charge in [0.2, 0.25) is 0 Å². The van der Waals surface area contributed by atoms with Crippen molar-refractivity contribution >= 4 is 11.6 Å². The second-order valence-electron chi connectivity index (χ2n) is 7.99. The molecular weight excluding hydrogens is 372 g/mol. The van der Waals surface area contributed by atoms with Crippen LogP contribution in [0.25, 0.3) is 0 Å². The maximum atomic E-state index is 12.5. The van der Waals surface area contributed by atoms with E-state index in [2.05, 4.69) is 81.2 Å². The Labute approximate surface area is 179 Å². The van der Waals surface area contributed by atoms with Crippen LogP contribution in [0, 0.1) is 27.7 Å². The Morgan fingerprint density at radius 1 is 0.967 bits per heavy atom. The first-order valence-electron chi connectivity index (χ1n) is 10.6. The number of hydrogen-bond donors (Lipinski definition) is 1. The minimum absolute atomic E-state index is 0.168. The lowest BCUT2D eigenvalue weighted by Gasteiger charge is -2.23. The van der Waals surface area contributed by atoms with Crippen LogP contribution in [-0.4, -0.2) is 25.5 Å². The second-order valence-corrected chi connectivity index (χ2v) is 7.99. The fourth-order valence-electron chi connectivity index (χ4n) is 3.94. The molecule has 2 aromatic carbocycles. The van der Waals surface area contributed by atoms with Crippen LogP contribution in [0.2, 0.25) is 0 Å². The van der Waals surface area contributed by atoms with Crippen molar-refractivity contribution in [2.75, 3.05) is 24.5 Å². The number of carbonyl (C=O) groups is 1. The molecule has 0 saturated heterocycles. The fourth-order valence-corrected chi connectivity index (χ4v) is 3.94. The summed E-state index contributed by atoms with van der Waals surface area (Å²) in [5.41, 5.74) is 7.45. The molecule has 0 aliphatic heterocycles. The van der Waals surface area contributed by atoms with Gasteiger partial charge >= 0.3 is 0 Å². The smallest absolute Gasteiger partial charge is 0.287 e. The number of amides is 1. The summed E-state index contributed by atoms with van der Waals surface area (Å²) in [5, 5.41) is 2.98. The van der Waals surface area contributed by atoms with Gasteiger partial charge in [0.25, 0.3) is 5.91 Å². The van der Waals surface area contributed by atoms with Crippen molar-refractivity contribution in [1.82, 2.24) is 5.32 Å². The standard InChI is InChI=1S/C26H32N2O2/c1-6-28(22-9-7-8-18(2)16-22)13-12-27-26(29)25-11-10-23(30-25)17-24-20(4)14-19(3)15-21(24)5/h7-11,14-16H,6,12-13,17H2,1-5H3,(H,27,29). The van der Waals surface area contributed by atoms with Gasteiger partial charge in [0, 0.05) is 31.7 Å². The molecule has 1 heterocycles. The van der Waals surface area contributed by atoms with Crippen molar-refractivity contribution in [2.45, 2.75) is 41.0 Å². The van der Waals surface area contributed by atoms with Crippen LogP contribution in [0.3, 0.4) is 0 Å². The molecule has 0 aliphatic rings. The SMILES string of the molecule is CCN(CCNC(=O)c1ccc(Cc2c(C)cc(C)cc2C)o1)c1cccc(C)c1. The number of nitrogens with one attached hydrogen (secondary N) is 1. The number of aryl methyl sites for hydroxylation is 4. The van der Waals surface area contributed by atoms with Gasteiger partial charge in [0.05, 0.1) is 0 Å². The molecule has 1 N–H and O–H groups in total. The van der Waals surface area contributed by atoms with Crippen LogP contribution in [0.5, 0.6) is 0 Å². The van der Waals surface area contributed by atoms with Crippen molar-refractivity contribution in [1.29, 1.82) is 0 Å². The monoisotopic (exact) mass is 404 g/mol. The Balaban J connectivity index is 1.57. The summed E-state index contributed by atoms with van der Waals surface area (Å²) < 4.78 is 5.85. The number of hydrogen-bond acceptors (Lipinski definition) is 3. The number of carbonyl (C=O) groups excluding carboxylic acids is 1. The van der Waals surface area contributed by atoms with E-state index >= 15 is 0 Å². The van der Waals surface area contributed by atoms with Gasteiger partial charge in [-0.3, -0.25) is 4.79 Å². The van der Waals surface area contributed by atoms with Crippen LogP contribution >= 0.6 is 0 Å². The van der Waals surface area contributed by atoms with Crippen LogP contribution in [0.15, 0.2) is 52.9 Å². The van der Waals surface area contributed by atoms with Gasteiger partial charge in [-0.25, -0.2) is 0 Å². The number of rotatable bonds is 8. The average Bonchev–Trinajstić information content (AvgIpc) is 3.17. The zero-order chi connectivity index (χ0) is 21.7. The van der Waals surface area contributed by atoms with Gasteiger partial charge in [-0.15, -0.1) is 0 Å². The van der Waals surface area contributed by atoms with Gasteiger partial charge in [0.15, 0.2) is 5.76 Å². The fraction of sp³-hybridized carbons (Fsp3) is 0.346. The van der Waals surface area contributed by atoms with E-state index in [0.717, 1.165) is 18.8 Å². The van der Waals surface area contributed by atoms with Crippen molar-refractivity contribution < 1.29 is 9.21 Å². The first-order chi connectivity index (χ1) is 14.4. The predicted octanol–water partition coefficient (Wildman–Crippen LogP) is 5.36. The van der Waals surface area contributed by atoms with Crippen LogP contribution in [0.4, 0.5) is 5.69 Å². The summed E-state index contributed by atoms with van der Waals surface area (Å²) in [5.74, 6) is 1.01. The highest BCUT2D eigenvalue weighted by Gasteiger charge is 2.14. The van der Waals surface area contributed by atoms with E-state index in [1.54, 1.807) is 6.07 Å². The molecule has 0 radical (unpaired) electrons. The minimum atomic E-state index is -0.168. The highest BCUT2D eigenvalue weighted by atomic mass is 16.3. The topological polar surface area (TPSA) is 45.5 Å². The predicted molar refractivity (Wildman–Crippen MR) is 124 cm³/mol. The Morgan fingerprint density at radius 2 is 1.70 bits per heavy atom. The van der Waals surface area contributed by atoms with E-state index in [0.29, 0.717) is 18.7 Å². The zero-order valence-corrected chi connectivity index (χ0v) is 18.7. The molecule has 4 heteroatoms. The summed E-state index contributed by atoms with van der Waals surface area (Å²) >= 11 is 0. The minimum Gasteiger partial charge on any atom is -0.456 e. The zero-order valence-electron chi connectivity index (χ0n) is 18.7. The Kier molecular flexibility index (Phi) is 6.99. The molecular formula is C26H32N2O2. The third kappa shape index (κ3) is 5.32. The van der Waals surface area contributed by atoms with E-state index in [1.807, 2.05) is 6.07 Å². The molecule has 0 bridgehead atoms. The molecule has 0 saturated carbocycles. The second kappa shape index (κ2) is 9.66. The summed E-state index contributed by atoms with van der Waals surface area (Å²) in [4.78, 5) is 14.8. The summed E-state index contributed by atoms with van der Waals surface area (Å²) in [6, 6.07) is 16.5. The molecule has 0 aliphatic carbocycles. The number of likely N-dealkylation sites (N-methyl/N-ethyl adjacent to an activating group) is 1. The normalized spacial score (nSPS) is 10.8. The molecule has 30 heavy (non-hydrogen) atoms. The van der Waals surface area contributed by atoms with Gasteiger partial charge in [-0.1, -0.05) is 29.8 Å². The number of benzene rings is 2. The Morgan fingerprint density at radius 3 is 2.37 bits per heavy atom. The van der Waals surface area contributed by atoms with E-state index in [1.165, 1.54) is 33.5 Å². The third-order valence-corrected chi connectivity index (χ3v) is 5.49. The molecule has 158 valence electrons. The van der Waals surface area contributed by atoms with Crippen molar-refractivity contribution in [3.05, 3.63) is 87.9 Å². The van der Waals surface area contributed by atoms with E-state index in [4.69, 9.17) is 4.42 Å². The summed E-state index contributed by atoms with van der Waals surface area (Å²) in [6.45, 7) is 12.8. The van der Waals surface area contributed by atoms with E-state index in [9.17, 15) is 4.79 Å². The lowest BCUT2D eigenvalue weighted by atomic mass is 9.97. The van der Waals surface area contributed by atoms with Gasteiger partial charge in [-0.05, 0) is 81.1 Å². The lowest BCUT2D eigenvalue weighted by molar-refractivity contribution is 0.0925. The van der Waals surface area contributed by atoms with E-state index < -0.39 is 0 Å². The molecule has 0 unspecified atom stereocenters. The van der Waals surface area contributed by atoms with Crippen LogP contribution in [-0.2, 0) is 6.42 Å². The van der Waals surface area contributed by atoms with Gasteiger partial charge in [-0.2, -0.15) is 0 Å². The number of furan rings is 1. The molecule has 0 spiro atoms. The molecule has 3 rings (SSSR count). The van der Waals surface area contributed by atoms with Crippen molar-refractivity contribution in [3.8, 4) is 0 Å². The lowest BCUT2D eigenvalue weighted by Crippen LogP contribution is -2.34. The Bertz CT molecular complexity index is 996. The van der Waals surface area contributed by atoms with Gasteiger partial charge in [0.1, 0.15) is 5.76 Å². The van der Waals surface area contributed by atoms with Crippen molar-refractivity contribution in [3.63, 3.8) is 0 Å². The van der Waals surface area contributed by atoms with Gasteiger partial charge < -0.3 is 14.6 Å². The maximum Gasteiger partial charge on any atom is 0.287 e. The molecule has 0 atom stereocenters. The largest absolute Gasteiger partial charge is 0.456 e. The number of nitrogens with zero attached hydrogens (tertiary/aromatic N) is 1. The van der Waals surface area contributed by atoms with Crippen molar-refractivity contribution in [2.24, 2.45) is 0 Å². The highest BCUT2D eigenvalue weighted by molar-refractivity contribution is 5.91. The average molecular weight is 405 g/mol.